The zero-order chi connectivity index (χ0) is 30.6. The predicted molar refractivity (Wildman–Crippen MR) is 149 cm³/mol. The monoisotopic (exact) mass is 675 g/mol. The fraction of sp³-hybridized carbons (Fsp3) is 0.478. The first-order valence-corrected chi connectivity index (χ1v) is 14.4. The van der Waals surface area contributed by atoms with E-state index >= 15 is 0 Å². The summed E-state index contributed by atoms with van der Waals surface area (Å²) >= 11 is 5.39. The van der Waals surface area contributed by atoms with Crippen LogP contribution in [0.15, 0.2) is 20.2 Å². The van der Waals surface area contributed by atoms with Gasteiger partial charge in [-0.25, -0.2) is 14.6 Å². The third-order valence-corrected chi connectivity index (χ3v) is 8.01. The number of nitrogens with two attached hydrogens (primary N) is 1. The molecule has 15 nitrogen and oxygen atoms in total. The molecule has 0 saturated carbocycles. The van der Waals surface area contributed by atoms with Gasteiger partial charge in [0, 0.05) is 11.3 Å². The van der Waals surface area contributed by atoms with Crippen molar-refractivity contribution in [2.75, 3.05) is 24.7 Å². The third-order valence-electron chi connectivity index (χ3n) is 5.14. The normalized spacial score (nSPS) is 18.7. The van der Waals surface area contributed by atoms with Crippen molar-refractivity contribution in [3.63, 3.8) is 0 Å². The number of aliphatic carboxylic acids is 1. The van der Waals surface area contributed by atoms with Crippen LogP contribution < -0.4 is 11.1 Å². The number of aromatic nitrogens is 1. The number of ether oxygens (including phenoxy) is 2. The molecule has 2 atom stereocenters. The summed E-state index contributed by atoms with van der Waals surface area (Å²) in [6.07, 6.45) is -0.464. The molecule has 2 aliphatic heterocycles. The topological polar surface area (TPSA) is 217 Å². The van der Waals surface area contributed by atoms with E-state index in [1.54, 1.807) is 20.8 Å². The number of thiazole rings is 1. The van der Waals surface area contributed by atoms with E-state index in [0.29, 0.717) is 3.79 Å². The molecule has 2 aliphatic rings. The molecule has 0 spiro atoms. The number of carbonyl (C=O) groups excluding carboxylic acids is 5. The van der Waals surface area contributed by atoms with E-state index in [-0.39, 0.29) is 27.8 Å². The first-order chi connectivity index (χ1) is 19.1. The molecule has 222 valence electrons. The van der Waals surface area contributed by atoms with Crippen LogP contribution in [0.25, 0.3) is 0 Å². The van der Waals surface area contributed by atoms with E-state index < -0.39 is 77.9 Å². The number of nitrogens with zero attached hydrogens (tertiary/aromatic N) is 3. The van der Waals surface area contributed by atoms with Gasteiger partial charge in [-0.1, -0.05) is 16.5 Å². The molecule has 0 bridgehead atoms. The van der Waals surface area contributed by atoms with Crippen LogP contribution in [0.1, 0.15) is 39.8 Å². The number of carboxylic acids is 1. The van der Waals surface area contributed by atoms with Crippen molar-refractivity contribution in [1.29, 1.82) is 0 Å². The lowest BCUT2D eigenvalue weighted by atomic mass is 10.0. The number of rotatable bonds is 11. The highest BCUT2D eigenvalue weighted by Crippen LogP contribution is 2.40. The molecule has 0 unspecified atom stereocenters. The van der Waals surface area contributed by atoms with Crippen molar-refractivity contribution < 1.29 is 48.2 Å². The Morgan fingerprint density at radius 1 is 1.24 bits per heavy atom. The lowest BCUT2D eigenvalue weighted by Gasteiger charge is -2.49. The second kappa shape index (κ2) is 13.0. The van der Waals surface area contributed by atoms with Crippen molar-refractivity contribution >= 4 is 85.4 Å². The standard InChI is InChI=1S/C23H26BrN5O10S2/c1-9(30)5-11(31)37-6-10-8-40-20-15(19(34)29(20)16(10)21(35)36)26-18(33)14(13-17(24)41-22(25)27-13)28-38-7-12(32)39-23(2,3)4/h15,20H,5-8H2,1-4H3,(H2,25,27)(H,26,33)(H,35,36)/t15-,20+/m1/s1. The molecule has 4 N–H and O–H groups in total. The number of hydrogen-bond acceptors (Lipinski definition) is 14. The number of carbonyl (C=O) groups is 6. The van der Waals surface area contributed by atoms with Gasteiger partial charge in [-0.05, 0) is 43.6 Å². The number of nitrogens with one attached hydrogen (secondary N) is 1. The maximum absolute atomic E-state index is 13.2. The number of Topliss-reactive ketones (excluding diaryl/α,β-unsaturated/α-hetero) is 1. The highest BCUT2D eigenvalue weighted by molar-refractivity contribution is 9.11. The Labute approximate surface area is 249 Å². The Morgan fingerprint density at radius 3 is 2.49 bits per heavy atom. The molecule has 0 radical (unpaired) electrons. The molecule has 1 fully saturated rings. The number of halogens is 1. The second-order valence-electron chi connectivity index (χ2n) is 9.63. The number of anilines is 1. The second-order valence-corrected chi connectivity index (χ2v) is 13.1. The van der Waals surface area contributed by atoms with E-state index in [0.717, 1.165) is 28.0 Å². The van der Waals surface area contributed by atoms with Crippen LogP contribution in [0.2, 0.25) is 0 Å². The molecule has 2 amide bonds. The largest absolute Gasteiger partial charge is 0.477 e. The van der Waals surface area contributed by atoms with Crippen LogP contribution in [0.4, 0.5) is 5.13 Å². The number of esters is 2. The average molecular weight is 677 g/mol. The zero-order valence-corrected chi connectivity index (χ0v) is 25.4. The summed E-state index contributed by atoms with van der Waals surface area (Å²) in [5.41, 5.74) is 4.35. The summed E-state index contributed by atoms with van der Waals surface area (Å²) in [6, 6.07) is -1.14. The fourth-order valence-electron chi connectivity index (χ4n) is 3.60. The number of hydrogen-bond donors (Lipinski definition) is 3. The van der Waals surface area contributed by atoms with Crippen LogP contribution in [-0.4, -0.2) is 92.2 Å². The van der Waals surface area contributed by atoms with Crippen molar-refractivity contribution in [3.8, 4) is 0 Å². The van der Waals surface area contributed by atoms with Gasteiger partial charge in [0.15, 0.2) is 10.8 Å². The predicted octanol–water partition coefficient (Wildman–Crippen LogP) is 0.811. The van der Waals surface area contributed by atoms with Crippen molar-refractivity contribution in [1.82, 2.24) is 15.2 Å². The van der Waals surface area contributed by atoms with E-state index in [4.69, 9.17) is 20.0 Å². The van der Waals surface area contributed by atoms with E-state index in [1.807, 2.05) is 0 Å². The number of oxime groups is 1. The number of carboxylic acid groups (broad SMARTS) is 1. The SMILES string of the molecule is CC(=O)CC(=O)OCC1=C(C(=O)O)N2C(=O)[C@@H](NC(=O)C(=NOCC(=O)OC(C)(C)C)c3nc(N)sc3Br)[C@@H]2SC1. The molecule has 3 heterocycles. The smallest absolute Gasteiger partial charge is 0.352 e. The first-order valence-electron chi connectivity index (χ1n) is 11.8. The number of fused-ring (bicyclic) bond motifs is 1. The minimum Gasteiger partial charge on any atom is -0.477 e. The molecule has 41 heavy (non-hydrogen) atoms. The van der Waals surface area contributed by atoms with Crippen molar-refractivity contribution in [3.05, 3.63) is 20.8 Å². The number of amides is 2. The van der Waals surface area contributed by atoms with Gasteiger partial charge < -0.3 is 30.5 Å². The average Bonchev–Trinajstić information content (AvgIpc) is 3.18. The summed E-state index contributed by atoms with van der Waals surface area (Å²) in [6.45, 7) is 5.17. The molecule has 0 aromatic carbocycles. The number of β-lactam (4-membered cyclic amide) rings is 1. The van der Waals surface area contributed by atoms with E-state index in [1.165, 1.54) is 6.92 Å². The number of nitrogen functional groups attached to an aromatic ring is 1. The van der Waals surface area contributed by atoms with Crippen LogP contribution >= 0.6 is 39.0 Å². The minimum atomic E-state index is -1.43. The highest BCUT2D eigenvalue weighted by atomic mass is 79.9. The molecule has 1 aromatic rings. The van der Waals surface area contributed by atoms with Crippen LogP contribution in [0.5, 0.6) is 0 Å². The lowest BCUT2D eigenvalue weighted by molar-refractivity contribution is -0.160. The van der Waals surface area contributed by atoms with E-state index in [9.17, 15) is 33.9 Å². The Hall–Kier alpha value is -3.51. The van der Waals surface area contributed by atoms with Gasteiger partial charge in [-0.3, -0.25) is 24.1 Å². The van der Waals surface area contributed by atoms with E-state index in [2.05, 4.69) is 31.4 Å². The molecule has 3 rings (SSSR count). The quantitative estimate of drug-likeness (QED) is 0.0974. The summed E-state index contributed by atoms with van der Waals surface area (Å²) < 4.78 is 10.5. The Balaban J connectivity index is 1.76. The Bertz CT molecular complexity index is 1350. The van der Waals surface area contributed by atoms with Crippen LogP contribution in [0.3, 0.4) is 0 Å². The molecule has 18 heteroatoms. The number of ketones is 1. The lowest BCUT2D eigenvalue weighted by Crippen LogP contribution is -2.71. The van der Waals surface area contributed by atoms with Gasteiger partial charge >= 0.3 is 17.9 Å². The van der Waals surface area contributed by atoms with Gasteiger partial charge in [-0.15, -0.1) is 11.8 Å². The zero-order valence-electron chi connectivity index (χ0n) is 22.2. The first kappa shape index (κ1) is 32.0. The van der Waals surface area contributed by atoms with Gasteiger partial charge in [-0.2, -0.15) is 0 Å². The summed E-state index contributed by atoms with van der Waals surface area (Å²) in [5, 5.41) is 15.3. The van der Waals surface area contributed by atoms with Crippen molar-refractivity contribution in [2.24, 2.45) is 5.16 Å². The maximum atomic E-state index is 13.2. The Kier molecular flexibility index (Phi) is 10.1. The van der Waals surface area contributed by atoms with Crippen LogP contribution in [0, 0.1) is 0 Å². The summed E-state index contributed by atoms with van der Waals surface area (Å²) in [5.74, 6) is -4.96. The number of thioether (sulfide) groups is 1. The summed E-state index contributed by atoms with van der Waals surface area (Å²) in [7, 11) is 0. The molecule has 1 saturated heterocycles. The van der Waals surface area contributed by atoms with Crippen LogP contribution in [-0.2, 0) is 43.1 Å². The third kappa shape index (κ3) is 8.04. The van der Waals surface area contributed by atoms with Gasteiger partial charge in [0.25, 0.3) is 11.8 Å². The molecule has 1 aromatic heterocycles. The van der Waals surface area contributed by atoms with Gasteiger partial charge in [0.05, 0.1) is 0 Å². The van der Waals surface area contributed by atoms with Gasteiger partial charge in [0.1, 0.15) is 51.0 Å². The molecular formula is C23H26BrN5O10S2. The van der Waals surface area contributed by atoms with Crippen molar-refractivity contribution in [2.45, 2.75) is 51.1 Å². The minimum absolute atomic E-state index is 0.00472. The van der Waals surface area contributed by atoms with Gasteiger partial charge in [0.2, 0.25) is 6.61 Å². The summed E-state index contributed by atoms with van der Waals surface area (Å²) in [4.78, 5) is 83.2. The maximum Gasteiger partial charge on any atom is 0.352 e. The fourth-order valence-corrected chi connectivity index (χ4v) is 6.26. The highest BCUT2D eigenvalue weighted by Gasteiger charge is 2.54. The Morgan fingerprint density at radius 2 is 1.93 bits per heavy atom. The molecular weight excluding hydrogens is 650 g/mol. The molecule has 0 aliphatic carbocycles.